The summed E-state index contributed by atoms with van der Waals surface area (Å²) in [5, 5.41) is 8.55. The summed E-state index contributed by atoms with van der Waals surface area (Å²) in [4.78, 5) is 11.1. The maximum Gasteiger partial charge on any atom is 0.153 e. The van der Waals surface area contributed by atoms with Crippen molar-refractivity contribution >= 4 is 5.78 Å². The van der Waals surface area contributed by atoms with Crippen molar-refractivity contribution in [2.75, 3.05) is 0 Å². The third-order valence-corrected chi connectivity index (χ3v) is 2.23. The van der Waals surface area contributed by atoms with E-state index in [1.165, 1.54) is 0 Å². The SMILES string of the molecule is CC1CC(C)C(C#N)C1=O. The van der Waals surface area contributed by atoms with Crippen LogP contribution < -0.4 is 0 Å². The molecule has 0 radical (unpaired) electrons. The number of carbonyl (C=O) groups is 1. The highest BCUT2D eigenvalue weighted by atomic mass is 16.1. The van der Waals surface area contributed by atoms with Crippen molar-refractivity contribution in [3.8, 4) is 6.07 Å². The van der Waals surface area contributed by atoms with Crippen LogP contribution in [0.4, 0.5) is 0 Å². The van der Waals surface area contributed by atoms with Gasteiger partial charge in [-0.1, -0.05) is 13.8 Å². The van der Waals surface area contributed by atoms with Crippen molar-refractivity contribution in [1.82, 2.24) is 0 Å². The molecule has 1 fully saturated rings. The average molecular weight is 137 g/mol. The lowest BCUT2D eigenvalue weighted by Gasteiger charge is -2.00. The standard InChI is InChI=1S/C8H11NO/c1-5-3-6(2)8(10)7(5)4-9/h5-7H,3H2,1-2H3. The zero-order valence-electron chi connectivity index (χ0n) is 6.29. The van der Waals surface area contributed by atoms with Gasteiger partial charge in [-0.3, -0.25) is 4.79 Å². The van der Waals surface area contributed by atoms with E-state index in [0.717, 1.165) is 6.42 Å². The number of hydrogen-bond acceptors (Lipinski definition) is 2. The Morgan fingerprint density at radius 1 is 1.60 bits per heavy atom. The van der Waals surface area contributed by atoms with Crippen LogP contribution in [0.1, 0.15) is 20.3 Å². The van der Waals surface area contributed by atoms with Gasteiger partial charge in [0.25, 0.3) is 0 Å². The molecule has 1 saturated carbocycles. The van der Waals surface area contributed by atoms with E-state index in [9.17, 15) is 4.79 Å². The molecule has 1 aliphatic carbocycles. The molecule has 0 saturated heterocycles. The third-order valence-electron chi connectivity index (χ3n) is 2.23. The first-order valence-corrected chi connectivity index (χ1v) is 3.60. The van der Waals surface area contributed by atoms with Gasteiger partial charge >= 0.3 is 0 Å². The van der Waals surface area contributed by atoms with Crippen molar-refractivity contribution in [3.05, 3.63) is 0 Å². The number of nitriles is 1. The van der Waals surface area contributed by atoms with E-state index in [-0.39, 0.29) is 23.5 Å². The number of Topliss-reactive ketones (excluding diaryl/α,β-unsaturated/α-hetero) is 1. The molecule has 2 nitrogen and oxygen atoms in total. The fourth-order valence-corrected chi connectivity index (χ4v) is 1.59. The smallest absolute Gasteiger partial charge is 0.153 e. The first-order chi connectivity index (χ1) is 4.66. The third kappa shape index (κ3) is 0.923. The number of carbonyl (C=O) groups excluding carboxylic acids is 1. The summed E-state index contributed by atoms with van der Waals surface area (Å²) < 4.78 is 0. The lowest BCUT2D eigenvalue weighted by Crippen LogP contribution is -2.12. The van der Waals surface area contributed by atoms with Gasteiger partial charge in [0, 0.05) is 5.92 Å². The van der Waals surface area contributed by atoms with Gasteiger partial charge in [-0.15, -0.1) is 0 Å². The molecule has 0 aromatic heterocycles. The second-order valence-corrected chi connectivity index (χ2v) is 3.12. The highest BCUT2D eigenvalue weighted by molar-refractivity contribution is 5.87. The molecule has 10 heavy (non-hydrogen) atoms. The van der Waals surface area contributed by atoms with E-state index in [0.29, 0.717) is 0 Å². The zero-order valence-corrected chi connectivity index (χ0v) is 6.29. The van der Waals surface area contributed by atoms with Crippen LogP contribution >= 0.6 is 0 Å². The first kappa shape index (κ1) is 7.27. The normalized spacial score (nSPS) is 39.7. The van der Waals surface area contributed by atoms with Crippen LogP contribution in [-0.4, -0.2) is 5.78 Å². The average Bonchev–Trinajstić information content (AvgIpc) is 2.09. The number of nitrogens with zero attached hydrogens (tertiary/aromatic N) is 1. The highest BCUT2D eigenvalue weighted by Crippen LogP contribution is 2.31. The van der Waals surface area contributed by atoms with Gasteiger partial charge in [0.1, 0.15) is 5.92 Å². The molecule has 0 amide bonds. The van der Waals surface area contributed by atoms with Gasteiger partial charge in [-0.05, 0) is 12.3 Å². The molecule has 1 rings (SSSR count). The highest BCUT2D eigenvalue weighted by Gasteiger charge is 2.36. The molecule has 0 bridgehead atoms. The maximum absolute atomic E-state index is 11.1. The molecule has 2 heteroatoms. The summed E-state index contributed by atoms with van der Waals surface area (Å²) in [7, 11) is 0. The van der Waals surface area contributed by atoms with Crippen molar-refractivity contribution in [2.45, 2.75) is 20.3 Å². The Balaban J connectivity index is 2.76. The number of rotatable bonds is 0. The van der Waals surface area contributed by atoms with Crippen LogP contribution in [-0.2, 0) is 4.79 Å². The summed E-state index contributed by atoms with van der Waals surface area (Å²) in [5.41, 5.74) is 0. The Kier molecular flexibility index (Phi) is 1.76. The van der Waals surface area contributed by atoms with E-state index in [1.807, 2.05) is 19.9 Å². The molecular formula is C8H11NO. The summed E-state index contributed by atoms with van der Waals surface area (Å²) in [5.74, 6) is 0.192. The molecular weight excluding hydrogens is 126 g/mol. The molecule has 0 aromatic carbocycles. The van der Waals surface area contributed by atoms with E-state index in [4.69, 9.17) is 5.26 Å². The predicted octanol–water partition coefficient (Wildman–Crippen LogP) is 1.37. The minimum atomic E-state index is -0.324. The van der Waals surface area contributed by atoms with E-state index < -0.39 is 0 Å². The van der Waals surface area contributed by atoms with Crippen LogP contribution in [0.25, 0.3) is 0 Å². The van der Waals surface area contributed by atoms with Crippen molar-refractivity contribution in [2.24, 2.45) is 17.8 Å². The monoisotopic (exact) mass is 137 g/mol. The molecule has 3 atom stereocenters. The Morgan fingerprint density at radius 2 is 2.20 bits per heavy atom. The minimum absolute atomic E-state index is 0.111. The van der Waals surface area contributed by atoms with Crippen LogP contribution in [0.5, 0.6) is 0 Å². The predicted molar refractivity (Wildman–Crippen MR) is 37.1 cm³/mol. The lowest BCUT2D eigenvalue weighted by molar-refractivity contribution is -0.122. The summed E-state index contributed by atoms with van der Waals surface area (Å²) in [6.45, 7) is 3.87. The fraction of sp³-hybridized carbons (Fsp3) is 0.750. The van der Waals surface area contributed by atoms with Gasteiger partial charge < -0.3 is 0 Å². The van der Waals surface area contributed by atoms with Crippen LogP contribution in [0.2, 0.25) is 0 Å². The number of hydrogen-bond donors (Lipinski definition) is 0. The van der Waals surface area contributed by atoms with Crippen LogP contribution in [0.15, 0.2) is 0 Å². The van der Waals surface area contributed by atoms with Crippen molar-refractivity contribution in [3.63, 3.8) is 0 Å². The van der Waals surface area contributed by atoms with E-state index in [1.54, 1.807) is 0 Å². The lowest BCUT2D eigenvalue weighted by atomic mass is 10.00. The second kappa shape index (κ2) is 2.42. The zero-order chi connectivity index (χ0) is 7.72. The summed E-state index contributed by atoms with van der Waals surface area (Å²) in [6.07, 6.45) is 0.886. The van der Waals surface area contributed by atoms with Gasteiger partial charge in [-0.2, -0.15) is 5.26 Å². The summed E-state index contributed by atoms with van der Waals surface area (Å²) in [6, 6.07) is 2.04. The van der Waals surface area contributed by atoms with Crippen molar-refractivity contribution < 1.29 is 4.79 Å². The molecule has 54 valence electrons. The molecule has 0 N–H and O–H groups in total. The van der Waals surface area contributed by atoms with Crippen LogP contribution in [0, 0.1) is 29.1 Å². The van der Waals surface area contributed by atoms with E-state index in [2.05, 4.69) is 0 Å². The molecule has 0 spiro atoms. The Morgan fingerprint density at radius 3 is 2.40 bits per heavy atom. The molecule has 0 aliphatic heterocycles. The molecule has 3 unspecified atom stereocenters. The van der Waals surface area contributed by atoms with Gasteiger partial charge in [0.2, 0.25) is 0 Å². The van der Waals surface area contributed by atoms with Crippen LogP contribution in [0.3, 0.4) is 0 Å². The Labute approximate surface area is 60.8 Å². The van der Waals surface area contributed by atoms with Gasteiger partial charge in [0.05, 0.1) is 6.07 Å². The Bertz CT molecular complexity index is 192. The maximum atomic E-state index is 11.1. The van der Waals surface area contributed by atoms with Gasteiger partial charge in [-0.25, -0.2) is 0 Å². The van der Waals surface area contributed by atoms with Gasteiger partial charge in [0.15, 0.2) is 5.78 Å². The van der Waals surface area contributed by atoms with E-state index >= 15 is 0 Å². The molecule has 0 heterocycles. The minimum Gasteiger partial charge on any atom is -0.298 e. The summed E-state index contributed by atoms with van der Waals surface area (Å²) >= 11 is 0. The molecule has 1 aliphatic rings. The first-order valence-electron chi connectivity index (χ1n) is 3.60. The second-order valence-electron chi connectivity index (χ2n) is 3.12. The fourth-order valence-electron chi connectivity index (χ4n) is 1.59. The molecule has 0 aromatic rings. The number of ketones is 1. The largest absolute Gasteiger partial charge is 0.298 e. The quantitative estimate of drug-likeness (QED) is 0.506. The Hall–Kier alpha value is -0.840. The topological polar surface area (TPSA) is 40.9 Å². The van der Waals surface area contributed by atoms with Crippen molar-refractivity contribution in [1.29, 1.82) is 5.26 Å².